The van der Waals surface area contributed by atoms with Gasteiger partial charge in [0.25, 0.3) is 0 Å². The zero-order valence-corrected chi connectivity index (χ0v) is 13.3. The van der Waals surface area contributed by atoms with Gasteiger partial charge in [0.1, 0.15) is 11.8 Å². The molecule has 0 aromatic carbocycles. The lowest BCUT2D eigenvalue weighted by Crippen LogP contribution is -2.29. The van der Waals surface area contributed by atoms with E-state index in [9.17, 15) is 0 Å². The second kappa shape index (κ2) is 5.49. The van der Waals surface area contributed by atoms with E-state index in [-0.39, 0.29) is 0 Å². The highest BCUT2D eigenvalue weighted by atomic mass is 79.9. The molecule has 0 bridgehead atoms. The van der Waals surface area contributed by atoms with Crippen molar-refractivity contribution in [1.29, 1.82) is 0 Å². The minimum absolute atomic E-state index is 0.795. The molecule has 0 spiro atoms. The number of rotatable bonds is 2. The van der Waals surface area contributed by atoms with Crippen molar-refractivity contribution >= 4 is 32.8 Å². The second-order valence-corrected chi connectivity index (χ2v) is 5.99. The van der Waals surface area contributed by atoms with Crippen LogP contribution in [0.4, 0.5) is 5.82 Å². The lowest BCUT2D eigenvalue weighted by molar-refractivity contribution is 0.794. The Morgan fingerprint density at radius 1 is 1.14 bits per heavy atom. The summed E-state index contributed by atoms with van der Waals surface area (Å²) in [6.07, 6.45) is 10.2. The quantitative estimate of drug-likeness (QED) is 0.706. The molecule has 3 aromatic heterocycles. The minimum Gasteiger partial charge on any atom is -0.351 e. The molecular weight excluding hydrogens is 344 g/mol. The second-order valence-electron chi connectivity index (χ2n) is 5.07. The van der Waals surface area contributed by atoms with Gasteiger partial charge in [-0.1, -0.05) is 6.08 Å². The fourth-order valence-corrected chi connectivity index (χ4v) is 3.07. The SMILES string of the molecule is Brc1cc2c(N3CC=C(c4ncccn4)CC3)ncnn2c1. The van der Waals surface area contributed by atoms with Crippen molar-refractivity contribution in [3.8, 4) is 0 Å². The van der Waals surface area contributed by atoms with E-state index < -0.39 is 0 Å². The first-order chi connectivity index (χ1) is 10.8. The number of anilines is 1. The summed E-state index contributed by atoms with van der Waals surface area (Å²) in [6.45, 7) is 1.68. The van der Waals surface area contributed by atoms with Crippen LogP contribution in [0.1, 0.15) is 12.2 Å². The van der Waals surface area contributed by atoms with Gasteiger partial charge < -0.3 is 4.90 Å². The summed E-state index contributed by atoms with van der Waals surface area (Å²) in [5.74, 6) is 1.77. The molecule has 4 rings (SSSR count). The fourth-order valence-electron chi connectivity index (χ4n) is 2.66. The molecule has 0 saturated carbocycles. The Hall–Kier alpha value is -2.28. The first-order valence-corrected chi connectivity index (χ1v) is 7.81. The van der Waals surface area contributed by atoms with E-state index in [2.05, 4.69) is 47.0 Å². The minimum atomic E-state index is 0.795. The Balaban J connectivity index is 1.64. The van der Waals surface area contributed by atoms with Crippen molar-refractivity contribution in [1.82, 2.24) is 24.6 Å². The normalized spacial score (nSPS) is 15.1. The molecule has 6 nitrogen and oxygen atoms in total. The van der Waals surface area contributed by atoms with Gasteiger partial charge in [-0.15, -0.1) is 0 Å². The maximum atomic E-state index is 4.45. The van der Waals surface area contributed by atoms with Crippen LogP contribution in [0.25, 0.3) is 11.1 Å². The summed E-state index contributed by atoms with van der Waals surface area (Å²) in [5, 5.41) is 4.23. The number of halogens is 1. The van der Waals surface area contributed by atoms with Crippen LogP contribution in [0.2, 0.25) is 0 Å². The maximum absolute atomic E-state index is 4.45. The highest BCUT2D eigenvalue weighted by Gasteiger charge is 2.18. The van der Waals surface area contributed by atoms with Crippen LogP contribution in [0.15, 0.2) is 47.6 Å². The average Bonchev–Trinajstić information content (AvgIpc) is 2.96. The van der Waals surface area contributed by atoms with Gasteiger partial charge in [-0.25, -0.2) is 19.5 Å². The Morgan fingerprint density at radius 3 is 2.77 bits per heavy atom. The van der Waals surface area contributed by atoms with Crippen LogP contribution in [0.5, 0.6) is 0 Å². The lowest BCUT2D eigenvalue weighted by Gasteiger charge is -2.27. The van der Waals surface area contributed by atoms with Crippen molar-refractivity contribution in [2.24, 2.45) is 0 Å². The zero-order chi connectivity index (χ0) is 14.9. The lowest BCUT2D eigenvalue weighted by atomic mass is 10.1. The highest BCUT2D eigenvalue weighted by molar-refractivity contribution is 9.10. The number of fused-ring (bicyclic) bond motifs is 1. The average molecular weight is 357 g/mol. The van der Waals surface area contributed by atoms with E-state index in [1.54, 1.807) is 18.7 Å². The van der Waals surface area contributed by atoms with E-state index in [0.717, 1.165) is 41.1 Å². The van der Waals surface area contributed by atoms with Gasteiger partial charge in [0.2, 0.25) is 0 Å². The smallest absolute Gasteiger partial charge is 0.156 e. The largest absolute Gasteiger partial charge is 0.351 e. The van der Waals surface area contributed by atoms with Crippen molar-refractivity contribution < 1.29 is 0 Å². The monoisotopic (exact) mass is 356 g/mol. The van der Waals surface area contributed by atoms with E-state index in [1.165, 1.54) is 5.57 Å². The molecular formula is C15H13BrN6. The molecule has 0 fully saturated rings. The Bertz CT molecular complexity index is 842. The summed E-state index contributed by atoms with van der Waals surface area (Å²) in [6, 6.07) is 3.87. The Morgan fingerprint density at radius 2 is 2.00 bits per heavy atom. The number of hydrogen-bond donors (Lipinski definition) is 0. The van der Waals surface area contributed by atoms with Crippen LogP contribution in [0.3, 0.4) is 0 Å². The predicted octanol–water partition coefficient (Wildman–Crippen LogP) is 2.58. The Kier molecular flexibility index (Phi) is 3.34. The first-order valence-electron chi connectivity index (χ1n) is 7.01. The van der Waals surface area contributed by atoms with Crippen molar-refractivity contribution in [3.05, 3.63) is 53.4 Å². The third-order valence-corrected chi connectivity index (χ3v) is 4.15. The predicted molar refractivity (Wildman–Crippen MR) is 87.5 cm³/mol. The molecule has 0 radical (unpaired) electrons. The molecule has 22 heavy (non-hydrogen) atoms. The van der Waals surface area contributed by atoms with E-state index in [1.807, 2.05) is 22.8 Å². The van der Waals surface area contributed by atoms with Gasteiger partial charge in [-0.3, -0.25) is 0 Å². The number of aromatic nitrogens is 5. The van der Waals surface area contributed by atoms with Gasteiger partial charge in [-0.05, 0) is 40.1 Å². The molecule has 0 aliphatic carbocycles. The molecule has 0 N–H and O–H groups in total. The van der Waals surface area contributed by atoms with Crippen LogP contribution in [-0.2, 0) is 0 Å². The third-order valence-electron chi connectivity index (χ3n) is 3.71. The summed E-state index contributed by atoms with van der Waals surface area (Å²) in [4.78, 5) is 15.3. The molecule has 1 aliphatic rings. The van der Waals surface area contributed by atoms with Gasteiger partial charge in [0.05, 0.1) is 0 Å². The van der Waals surface area contributed by atoms with Crippen molar-refractivity contribution in [3.63, 3.8) is 0 Å². The standard InChI is InChI=1S/C15H13BrN6/c16-12-8-13-15(19-10-20-22(13)9-12)21-6-2-11(3-7-21)14-17-4-1-5-18-14/h1-2,4-5,8-10H,3,6-7H2. The summed E-state index contributed by atoms with van der Waals surface area (Å²) in [5.41, 5.74) is 2.20. The topological polar surface area (TPSA) is 59.2 Å². The highest BCUT2D eigenvalue weighted by Crippen LogP contribution is 2.27. The van der Waals surface area contributed by atoms with Gasteiger partial charge >= 0.3 is 0 Å². The third kappa shape index (κ3) is 2.37. The molecule has 4 heterocycles. The number of hydrogen-bond acceptors (Lipinski definition) is 5. The van der Waals surface area contributed by atoms with Crippen LogP contribution >= 0.6 is 15.9 Å². The molecule has 1 aliphatic heterocycles. The van der Waals surface area contributed by atoms with E-state index in [0.29, 0.717) is 0 Å². The van der Waals surface area contributed by atoms with Gasteiger partial charge in [0, 0.05) is 36.2 Å². The number of nitrogens with zero attached hydrogens (tertiary/aromatic N) is 6. The van der Waals surface area contributed by atoms with E-state index in [4.69, 9.17) is 0 Å². The molecule has 0 saturated heterocycles. The zero-order valence-electron chi connectivity index (χ0n) is 11.7. The maximum Gasteiger partial charge on any atom is 0.156 e. The van der Waals surface area contributed by atoms with Gasteiger partial charge in [-0.2, -0.15) is 5.10 Å². The molecule has 0 atom stereocenters. The fraction of sp³-hybridized carbons (Fsp3) is 0.200. The van der Waals surface area contributed by atoms with Crippen molar-refractivity contribution in [2.75, 3.05) is 18.0 Å². The first kappa shape index (κ1) is 13.4. The molecule has 7 heteroatoms. The summed E-state index contributed by atoms with van der Waals surface area (Å²) in [7, 11) is 0. The van der Waals surface area contributed by atoms with Crippen LogP contribution < -0.4 is 4.90 Å². The molecule has 0 amide bonds. The molecule has 0 unspecified atom stereocenters. The summed E-state index contributed by atoms with van der Waals surface area (Å²) < 4.78 is 2.84. The Labute approximate surface area is 135 Å². The van der Waals surface area contributed by atoms with Crippen LogP contribution in [0, 0.1) is 0 Å². The molecule has 110 valence electrons. The molecule has 3 aromatic rings. The van der Waals surface area contributed by atoms with E-state index >= 15 is 0 Å². The van der Waals surface area contributed by atoms with Crippen molar-refractivity contribution in [2.45, 2.75) is 6.42 Å². The van der Waals surface area contributed by atoms with Crippen LogP contribution in [-0.4, -0.2) is 37.7 Å². The summed E-state index contributed by atoms with van der Waals surface area (Å²) >= 11 is 3.49. The van der Waals surface area contributed by atoms with Gasteiger partial charge in [0.15, 0.2) is 11.6 Å².